The number of para-hydroxylation sites is 2. The predicted molar refractivity (Wildman–Crippen MR) is 103 cm³/mol. The summed E-state index contributed by atoms with van der Waals surface area (Å²) in [6.45, 7) is 5.61. The number of nitriles is 1. The van der Waals surface area contributed by atoms with Crippen LogP contribution in [0.4, 0.5) is 5.69 Å². The molecule has 1 aliphatic heterocycles. The molecule has 6 heteroatoms. The van der Waals surface area contributed by atoms with Gasteiger partial charge in [0, 0.05) is 12.2 Å². The molecule has 0 aliphatic carbocycles. The molecule has 27 heavy (non-hydrogen) atoms. The third-order valence-electron chi connectivity index (χ3n) is 4.60. The molecule has 0 aromatic heterocycles. The largest absolute Gasteiger partial charge is 0.486 e. The number of nitrogens with zero attached hydrogens (tertiary/aromatic N) is 2. The number of likely N-dealkylation sites (N-methyl/N-ethyl adjacent to an activating group) is 1. The van der Waals surface area contributed by atoms with Gasteiger partial charge in [-0.25, -0.2) is 0 Å². The summed E-state index contributed by atoms with van der Waals surface area (Å²) in [5.74, 6) is 1.36. The zero-order valence-electron chi connectivity index (χ0n) is 15.5. The van der Waals surface area contributed by atoms with Crippen molar-refractivity contribution in [3.63, 3.8) is 0 Å². The molecule has 1 aliphatic rings. The Morgan fingerprint density at radius 1 is 1.30 bits per heavy atom. The second kappa shape index (κ2) is 8.56. The highest BCUT2D eigenvalue weighted by Crippen LogP contribution is 2.31. The van der Waals surface area contributed by atoms with Crippen LogP contribution >= 0.6 is 0 Å². The van der Waals surface area contributed by atoms with Crippen molar-refractivity contribution < 1.29 is 14.3 Å². The lowest BCUT2D eigenvalue weighted by atomic mass is 10.2. The Morgan fingerprint density at radius 3 is 2.81 bits per heavy atom. The quantitative estimate of drug-likeness (QED) is 0.852. The first-order valence-corrected chi connectivity index (χ1v) is 9.04. The number of benzene rings is 2. The highest BCUT2D eigenvalue weighted by Gasteiger charge is 2.27. The lowest BCUT2D eigenvalue weighted by Crippen LogP contribution is -2.48. The van der Waals surface area contributed by atoms with Gasteiger partial charge in [-0.3, -0.25) is 9.69 Å². The summed E-state index contributed by atoms with van der Waals surface area (Å²) >= 11 is 0. The van der Waals surface area contributed by atoms with Gasteiger partial charge in [0.25, 0.3) is 0 Å². The summed E-state index contributed by atoms with van der Waals surface area (Å²) in [6, 6.07) is 16.2. The van der Waals surface area contributed by atoms with Gasteiger partial charge in [-0.1, -0.05) is 25.1 Å². The molecule has 1 N–H and O–H groups in total. The van der Waals surface area contributed by atoms with Gasteiger partial charge in [-0.05, 0) is 43.8 Å². The first-order chi connectivity index (χ1) is 13.1. The van der Waals surface area contributed by atoms with Crippen LogP contribution in [0.25, 0.3) is 0 Å². The average Bonchev–Trinajstić information content (AvgIpc) is 2.71. The van der Waals surface area contributed by atoms with Gasteiger partial charge in [0.1, 0.15) is 12.7 Å². The SMILES string of the molecule is CCN(CC1COc2ccccc2O1)C(C)C(=O)Nc1cccc(C#N)c1. The number of amides is 1. The Labute approximate surface area is 159 Å². The van der Waals surface area contributed by atoms with Crippen LogP contribution in [0.15, 0.2) is 48.5 Å². The fraction of sp³-hybridized carbons (Fsp3) is 0.333. The molecule has 0 saturated heterocycles. The number of fused-ring (bicyclic) bond motifs is 1. The smallest absolute Gasteiger partial charge is 0.241 e. The Kier molecular flexibility index (Phi) is 5.94. The van der Waals surface area contributed by atoms with E-state index < -0.39 is 0 Å². The van der Waals surface area contributed by atoms with Crippen LogP contribution in [0.2, 0.25) is 0 Å². The molecule has 2 unspecified atom stereocenters. The number of ether oxygens (including phenoxy) is 2. The molecule has 0 radical (unpaired) electrons. The van der Waals surface area contributed by atoms with Crippen LogP contribution in [-0.2, 0) is 4.79 Å². The first-order valence-electron chi connectivity index (χ1n) is 9.04. The molecule has 0 saturated carbocycles. The van der Waals surface area contributed by atoms with E-state index in [9.17, 15) is 4.79 Å². The summed E-state index contributed by atoms with van der Waals surface area (Å²) in [5.41, 5.74) is 1.13. The van der Waals surface area contributed by atoms with Gasteiger partial charge >= 0.3 is 0 Å². The van der Waals surface area contributed by atoms with Gasteiger partial charge in [0.15, 0.2) is 11.5 Å². The van der Waals surface area contributed by atoms with E-state index in [4.69, 9.17) is 14.7 Å². The lowest BCUT2D eigenvalue weighted by Gasteiger charge is -2.33. The molecule has 3 rings (SSSR count). The molecule has 1 amide bonds. The van der Waals surface area contributed by atoms with Crippen molar-refractivity contribution in [2.75, 3.05) is 25.0 Å². The van der Waals surface area contributed by atoms with Gasteiger partial charge in [0.2, 0.25) is 5.91 Å². The van der Waals surface area contributed by atoms with E-state index in [1.807, 2.05) is 43.0 Å². The lowest BCUT2D eigenvalue weighted by molar-refractivity contribution is -0.121. The molecule has 0 bridgehead atoms. The number of hydrogen-bond donors (Lipinski definition) is 1. The number of nitrogens with one attached hydrogen (secondary N) is 1. The van der Waals surface area contributed by atoms with E-state index in [-0.39, 0.29) is 18.1 Å². The standard InChI is InChI=1S/C21H23N3O3/c1-3-24(13-18-14-26-19-9-4-5-10-20(19)27-18)15(2)21(25)23-17-8-6-7-16(11-17)12-22/h4-11,15,18H,3,13-14H2,1-2H3,(H,23,25). The van der Waals surface area contributed by atoms with Gasteiger partial charge in [-0.2, -0.15) is 5.26 Å². The van der Waals surface area contributed by atoms with E-state index in [0.717, 1.165) is 11.5 Å². The maximum atomic E-state index is 12.6. The zero-order chi connectivity index (χ0) is 19.2. The molecule has 0 fully saturated rings. The van der Waals surface area contributed by atoms with E-state index in [1.165, 1.54) is 0 Å². The van der Waals surface area contributed by atoms with E-state index in [2.05, 4.69) is 11.4 Å². The Bertz CT molecular complexity index is 847. The van der Waals surface area contributed by atoms with Crippen LogP contribution in [0.1, 0.15) is 19.4 Å². The second-order valence-electron chi connectivity index (χ2n) is 6.44. The number of carbonyl (C=O) groups excluding carboxylic acids is 1. The summed E-state index contributed by atoms with van der Waals surface area (Å²) in [6.07, 6.45) is -0.142. The molecule has 1 heterocycles. The molecule has 140 valence electrons. The first kappa shape index (κ1) is 18.7. The number of hydrogen-bond acceptors (Lipinski definition) is 5. The fourth-order valence-corrected chi connectivity index (χ4v) is 3.05. The van der Waals surface area contributed by atoms with Crippen LogP contribution < -0.4 is 14.8 Å². The second-order valence-corrected chi connectivity index (χ2v) is 6.44. The van der Waals surface area contributed by atoms with Gasteiger partial charge < -0.3 is 14.8 Å². The topological polar surface area (TPSA) is 74.6 Å². The molecular weight excluding hydrogens is 342 g/mol. The van der Waals surface area contributed by atoms with E-state index in [1.54, 1.807) is 24.3 Å². The zero-order valence-corrected chi connectivity index (χ0v) is 15.5. The van der Waals surface area contributed by atoms with E-state index >= 15 is 0 Å². The predicted octanol–water partition coefficient (Wildman–Crippen LogP) is 3.05. The molecule has 2 aromatic rings. The van der Waals surface area contributed by atoms with Crippen molar-refractivity contribution in [1.29, 1.82) is 5.26 Å². The monoisotopic (exact) mass is 365 g/mol. The molecular formula is C21H23N3O3. The highest BCUT2D eigenvalue weighted by molar-refractivity contribution is 5.94. The van der Waals surface area contributed by atoms with Crippen molar-refractivity contribution in [3.05, 3.63) is 54.1 Å². The summed E-state index contributed by atoms with van der Waals surface area (Å²) < 4.78 is 11.8. The van der Waals surface area contributed by atoms with Crippen molar-refractivity contribution in [2.24, 2.45) is 0 Å². The normalized spacial score (nSPS) is 16.4. The third kappa shape index (κ3) is 4.57. The molecule has 2 aromatic carbocycles. The minimum Gasteiger partial charge on any atom is -0.486 e. The minimum atomic E-state index is -0.346. The van der Waals surface area contributed by atoms with Crippen molar-refractivity contribution in [1.82, 2.24) is 4.90 Å². The van der Waals surface area contributed by atoms with Crippen molar-refractivity contribution in [3.8, 4) is 17.6 Å². The van der Waals surface area contributed by atoms with Crippen LogP contribution in [0, 0.1) is 11.3 Å². The van der Waals surface area contributed by atoms with Crippen molar-refractivity contribution >= 4 is 11.6 Å². The van der Waals surface area contributed by atoms with Gasteiger partial charge in [-0.15, -0.1) is 0 Å². The average molecular weight is 365 g/mol. The number of anilines is 1. The highest BCUT2D eigenvalue weighted by atomic mass is 16.6. The summed E-state index contributed by atoms with van der Waals surface area (Å²) in [5, 5.41) is 11.9. The number of rotatable bonds is 6. The minimum absolute atomic E-state index is 0.121. The molecule has 0 spiro atoms. The maximum absolute atomic E-state index is 12.6. The Hall–Kier alpha value is -3.04. The summed E-state index contributed by atoms with van der Waals surface area (Å²) in [7, 11) is 0. The van der Waals surface area contributed by atoms with Crippen LogP contribution in [0.5, 0.6) is 11.5 Å². The Balaban J connectivity index is 1.61. The molecule has 2 atom stereocenters. The van der Waals surface area contributed by atoms with Crippen molar-refractivity contribution in [2.45, 2.75) is 26.0 Å². The van der Waals surface area contributed by atoms with E-state index in [0.29, 0.717) is 30.9 Å². The maximum Gasteiger partial charge on any atom is 0.241 e. The number of carbonyl (C=O) groups is 1. The summed E-state index contributed by atoms with van der Waals surface area (Å²) in [4.78, 5) is 14.7. The van der Waals surface area contributed by atoms with Gasteiger partial charge in [0.05, 0.1) is 17.7 Å². The third-order valence-corrected chi connectivity index (χ3v) is 4.60. The van der Waals surface area contributed by atoms with Crippen LogP contribution in [-0.4, -0.2) is 42.6 Å². The Morgan fingerprint density at radius 2 is 2.07 bits per heavy atom. The fourth-order valence-electron chi connectivity index (χ4n) is 3.05. The molecule has 6 nitrogen and oxygen atoms in total. The van der Waals surface area contributed by atoms with Crippen LogP contribution in [0.3, 0.4) is 0 Å².